The summed E-state index contributed by atoms with van der Waals surface area (Å²) in [7, 11) is 4.22. The quantitative estimate of drug-likeness (QED) is 0.708. The van der Waals surface area contributed by atoms with Crippen LogP contribution in [-0.4, -0.2) is 37.9 Å². The molecular weight excluding hydrogens is 239 g/mol. The van der Waals surface area contributed by atoms with Gasteiger partial charge in [-0.3, -0.25) is 4.79 Å². The molecule has 0 saturated carbocycles. The van der Waals surface area contributed by atoms with Crippen LogP contribution in [0.2, 0.25) is 0 Å². The largest absolute Gasteiger partial charge is 0.497 e. The fourth-order valence-electron chi connectivity index (χ4n) is 1.96. The van der Waals surface area contributed by atoms with Crippen molar-refractivity contribution in [3.05, 3.63) is 17.7 Å². The molecular formula is C11H12BO6. The van der Waals surface area contributed by atoms with E-state index in [4.69, 9.17) is 19.2 Å². The van der Waals surface area contributed by atoms with Crippen LogP contribution in [0.1, 0.15) is 12.0 Å². The van der Waals surface area contributed by atoms with Gasteiger partial charge in [-0.15, -0.1) is 0 Å². The second-order valence-corrected chi connectivity index (χ2v) is 3.88. The Morgan fingerprint density at radius 2 is 2.17 bits per heavy atom. The molecule has 0 bridgehead atoms. The monoisotopic (exact) mass is 251 g/mol. The fourth-order valence-corrected chi connectivity index (χ4v) is 1.96. The van der Waals surface area contributed by atoms with Crippen molar-refractivity contribution in [2.75, 3.05) is 14.2 Å². The van der Waals surface area contributed by atoms with E-state index in [0.717, 1.165) is 0 Å². The summed E-state index contributed by atoms with van der Waals surface area (Å²) in [5.74, 6) is -2.22. The first-order valence-corrected chi connectivity index (χ1v) is 5.22. The van der Waals surface area contributed by atoms with Crippen molar-refractivity contribution in [1.29, 1.82) is 0 Å². The van der Waals surface area contributed by atoms with Crippen LogP contribution in [0.15, 0.2) is 12.1 Å². The van der Waals surface area contributed by atoms with E-state index in [2.05, 4.69) is 0 Å². The van der Waals surface area contributed by atoms with Crippen molar-refractivity contribution in [2.24, 2.45) is 0 Å². The van der Waals surface area contributed by atoms with E-state index in [0.29, 0.717) is 22.5 Å². The third-order valence-corrected chi connectivity index (χ3v) is 2.72. The summed E-state index contributed by atoms with van der Waals surface area (Å²) in [6.45, 7) is 0. The zero-order valence-electron chi connectivity index (χ0n) is 9.97. The van der Waals surface area contributed by atoms with Crippen LogP contribution in [-0.2, 0) is 15.2 Å². The van der Waals surface area contributed by atoms with Gasteiger partial charge in [0, 0.05) is 11.6 Å². The van der Waals surface area contributed by atoms with Gasteiger partial charge in [0.2, 0.25) is 0 Å². The molecule has 0 saturated heterocycles. The summed E-state index contributed by atoms with van der Waals surface area (Å²) in [5.41, 5.74) is 0.836. The van der Waals surface area contributed by atoms with E-state index in [9.17, 15) is 9.90 Å². The number of carboxylic acid groups (broad SMARTS) is 1. The average Bonchev–Trinajstić information content (AvgIpc) is 2.65. The lowest BCUT2D eigenvalue weighted by Crippen LogP contribution is -2.29. The maximum absolute atomic E-state index is 10.8. The van der Waals surface area contributed by atoms with Crippen molar-refractivity contribution in [2.45, 2.75) is 12.2 Å². The summed E-state index contributed by atoms with van der Waals surface area (Å²) in [6, 6.07) is 3.20. The highest BCUT2D eigenvalue weighted by atomic mass is 16.6. The van der Waals surface area contributed by atoms with Gasteiger partial charge in [0.25, 0.3) is 0 Å². The first-order chi connectivity index (χ1) is 8.50. The van der Waals surface area contributed by atoms with Gasteiger partial charge >= 0.3 is 13.5 Å². The van der Waals surface area contributed by atoms with E-state index >= 15 is 0 Å². The van der Waals surface area contributed by atoms with E-state index in [-0.39, 0.29) is 0 Å². The number of carboxylic acids is 1. The number of rotatable bonds is 4. The molecule has 1 aromatic rings. The number of carbonyl (C=O) groups is 1. The van der Waals surface area contributed by atoms with E-state index in [1.54, 1.807) is 12.1 Å². The Labute approximate surface area is 104 Å². The maximum atomic E-state index is 10.8. The molecule has 1 unspecified atom stereocenters. The smallest absolute Gasteiger partial charge is 0.335 e. The molecule has 0 amide bonds. The van der Waals surface area contributed by atoms with Crippen LogP contribution in [0.25, 0.3) is 0 Å². The fraction of sp³-hybridized carbons (Fsp3) is 0.364. The normalized spacial score (nSPS) is 21.1. The summed E-state index contributed by atoms with van der Waals surface area (Å²) < 4.78 is 15.3. The lowest BCUT2D eigenvalue weighted by Gasteiger charge is -2.24. The number of hydrogen-bond donors (Lipinski definition) is 2. The van der Waals surface area contributed by atoms with Crippen LogP contribution < -0.4 is 14.9 Å². The molecule has 0 aromatic heterocycles. The second kappa shape index (κ2) is 4.51. The molecule has 18 heavy (non-hydrogen) atoms. The summed E-state index contributed by atoms with van der Waals surface area (Å²) in [6.07, 6.45) is -0.570. The van der Waals surface area contributed by atoms with Crippen LogP contribution in [0.3, 0.4) is 0 Å². The van der Waals surface area contributed by atoms with E-state index in [1.807, 2.05) is 0 Å². The van der Waals surface area contributed by atoms with E-state index in [1.165, 1.54) is 21.7 Å². The van der Waals surface area contributed by atoms with Crippen LogP contribution >= 0.6 is 0 Å². The first kappa shape index (κ1) is 12.7. The van der Waals surface area contributed by atoms with Crippen LogP contribution in [0, 0.1) is 0 Å². The molecule has 1 aliphatic rings. The van der Waals surface area contributed by atoms with Gasteiger partial charge in [-0.1, -0.05) is 0 Å². The number of methoxy groups -OCH3 is 2. The number of aliphatic carboxylic acids is 1. The van der Waals surface area contributed by atoms with Gasteiger partial charge in [-0.05, 0) is 11.5 Å². The Kier molecular flexibility index (Phi) is 3.19. The van der Waals surface area contributed by atoms with Crippen molar-refractivity contribution in [1.82, 2.24) is 0 Å². The van der Waals surface area contributed by atoms with E-state index < -0.39 is 18.2 Å². The van der Waals surface area contributed by atoms with Crippen LogP contribution in [0.5, 0.6) is 11.5 Å². The Morgan fingerprint density at radius 3 is 2.72 bits per heavy atom. The number of benzene rings is 1. The minimum Gasteiger partial charge on any atom is -0.497 e. The zero-order chi connectivity index (χ0) is 13.3. The molecule has 95 valence electrons. The third kappa shape index (κ3) is 2.02. The molecule has 6 nitrogen and oxygen atoms in total. The maximum Gasteiger partial charge on any atom is 0.335 e. The molecule has 0 aliphatic carbocycles. The molecule has 2 rings (SSSR count). The molecule has 1 heterocycles. The van der Waals surface area contributed by atoms with Crippen molar-refractivity contribution in [3.8, 4) is 11.5 Å². The molecule has 1 radical (unpaired) electrons. The van der Waals surface area contributed by atoms with Gasteiger partial charge in [0.15, 0.2) is 5.79 Å². The minimum atomic E-state index is -1.90. The lowest BCUT2D eigenvalue weighted by atomic mass is 9.85. The van der Waals surface area contributed by atoms with Gasteiger partial charge in [-0.2, -0.15) is 0 Å². The molecule has 0 spiro atoms. The standard InChI is InChI=1S/C11H12BO6/c1-16-6-3-7-10(8(4-6)17-2)11(15,18-12-7)5-9(13)14/h3-4,15H,5H2,1-2H3,(H,13,14). The topological polar surface area (TPSA) is 85.2 Å². The van der Waals surface area contributed by atoms with Gasteiger partial charge in [-0.25, -0.2) is 0 Å². The van der Waals surface area contributed by atoms with Crippen molar-refractivity contribution >= 4 is 18.9 Å². The summed E-state index contributed by atoms with van der Waals surface area (Å²) in [4.78, 5) is 10.8. The number of aliphatic hydroxyl groups is 1. The predicted octanol–water partition coefficient (Wildman–Crippen LogP) is -0.402. The molecule has 0 fully saturated rings. The Balaban J connectivity index is 2.51. The average molecular weight is 251 g/mol. The molecule has 2 N–H and O–H groups in total. The van der Waals surface area contributed by atoms with Gasteiger partial charge in [0.05, 0.1) is 14.2 Å². The third-order valence-electron chi connectivity index (χ3n) is 2.72. The highest BCUT2D eigenvalue weighted by molar-refractivity contribution is 6.49. The predicted molar refractivity (Wildman–Crippen MR) is 62.2 cm³/mol. The highest BCUT2D eigenvalue weighted by Crippen LogP contribution is 2.37. The summed E-state index contributed by atoms with van der Waals surface area (Å²) >= 11 is 0. The molecule has 7 heteroatoms. The van der Waals surface area contributed by atoms with Gasteiger partial charge in [0.1, 0.15) is 17.9 Å². The summed E-state index contributed by atoms with van der Waals surface area (Å²) in [5, 5.41) is 19.0. The molecule has 1 aliphatic heterocycles. The second-order valence-electron chi connectivity index (χ2n) is 3.88. The lowest BCUT2D eigenvalue weighted by molar-refractivity contribution is -0.170. The molecule has 1 atom stereocenters. The highest BCUT2D eigenvalue weighted by Gasteiger charge is 2.43. The number of fused-ring (bicyclic) bond motifs is 1. The first-order valence-electron chi connectivity index (χ1n) is 5.22. The number of hydrogen-bond acceptors (Lipinski definition) is 5. The number of ether oxygens (including phenoxy) is 2. The van der Waals surface area contributed by atoms with Crippen molar-refractivity contribution in [3.63, 3.8) is 0 Å². The SMILES string of the molecule is COc1cc2c(c(OC)c1)C(O)(CC(=O)O)O[B]2. The zero-order valence-corrected chi connectivity index (χ0v) is 9.97. The van der Waals surface area contributed by atoms with Crippen LogP contribution in [0.4, 0.5) is 0 Å². The Hall–Kier alpha value is -1.73. The Morgan fingerprint density at radius 1 is 1.44 bits per heavy atom. The minimum absolute atomic E-state index is 0.299. The molecule has 1 aromatic carbocycles. The van der Waals surface area contributed by atoms with Crippen molar-refractivity contribution < 1.29 is 29.1 Å². The Bertz CT molecular complexity index is 489. The van der Waals surface area contributed by atoms with Gasteiger partial charge < -0.3 is 24.3 Å².